The van der Waals surface area contributed by atoms with Gasteiger partial charge in [-0.25, -0.2) is 4.39 Å². The van der Waals surface area contributed by atoms with Crippen LogP contribution in [0.5, 0.6) is 0 Å². The Hall–Kier alpha value is -2.68. The molecule has 0 bridgehead atoms. The lowest BCUT2D eigenvalue weighted by Crippen LogP contribution is -2.51. The van der Waals surface area contributed by atoms with Crippen molar-refractivity contribution in [3.63, 3.8) is 0 Å². The van der Waals surface area contributed by atoms with E-state index in [2.05, 4.69) is 20.4 Å². The number of carbonyl (C=O) groups is 3. The van der Waals surface area contributed by atoms with E-state index in [1.165, 1.54) is 6.07 Å². The summed E-state index contributed by atoms with van der Waals surface area (Å²) < 4.78 is 14.8. The maximum absolute atomic E-state index is 14.8. The molecule has 4 N–H and O–H groups in total. The number of nitrogens with two attached hydrogens (primary N) is 1. The Morgan fingerprint density at radius 1 is 1.06 bits per heavy atom. The zero-order valence-corrected chi connectivity index (χ0v) is 17.6. The predicted molar refractivity (Wildman–Crippen MR) is 115 cm³/mol. The van der Waals surface area contributed by atoms with Gasteiger partial charge >= 0.3 is 0 Å². The molecule has 3 aliphatic rings. The van der Waals surface area contributed by atoms with Gasteiger partial charge in [0.25, 0.3) is 0 Å². The molecule has 9 heteroatoms. The van der Waals surface area contributed by atoms with Crippen LogP contribution in [0.25, 0.3) is 0 Å². The molecule has 3 amide bonds. The second kappa shape index (κ2) is 9.21. The Morgan fingerprint density at radius 2 is 1.77 bits per heavy atom. The number of nitrogens with one attached hydrogen (secondary N) is 2. The molecule has 8 nitrogen and oxygen atoms in total. The average Bonchev–Trinajstić information content (AvgIpc) is 2.76. The van der Waals surface area contributed by atoms with Gasteiger partial charge in [0.1, 0.15) is 11.9 Å². The highest BCUT2D eigenvalue weighted by Crippen LogP contribution is 2.30. The highest BCUT2D eigenvalue weighted by Gasteiger charge is 2.31. The van der Waals surface area contributed by atoms with Crippen molar-refractivity contribution in [2.75, 3.05) is 36.4 Å². The standard InChI is InChI=1S/C22H30FN5O3/c23-17-13-15(25-18-6-8-20(29)26-22(18)31)3-7-19(17)28-11-9-27(10-12-28)16-4-1-14(2-5-16)21(24)30/h3,7,13-14,16,18,25H,1-2,4-6,8-12H2,(H2,24,30)(H,26,29,31). The van der Waals surface area contributed by atoms with E-state index in [-0.39, 0.29) is 35.9 Å². The second-order valence-corrected chi connectivity index (χ2v) is 8.75. The molecule has 1 saturated carbocycles. The van der Waals surface area contributed by atoms with Crippen molar-refractivity contribution in [3.05, 3.63) is 24.0 Å². The van der Waals surface area contributed by atoms with Crippen molar-refractivity contribution in [2.24, 2.45) is 11.7 Å². The zero-order chi connectivity index (χ0) is 22.0. The smallest absolute Gasteiger partial charge is 0.249 e. The number of piperazine rings is 1. The molecule has 1 unspecified atom stereocenters. The number of anilines is 2. The Kier molecular flexibility index (Phi) is 6.41. The van der Waals surface area contributed by atoms with E-state index in [0.29, 0.717) is 23.8 Å². The molecule has 0 radical (unpaired) electrons. The molecule has 2 aliphatic heterocycles. The summed E-state index contributed by atoms with van der Waals surface area (Å²) in [5, 5.41) is 5.32. The number of piperidine rings is 1. The van der Waals surface area contributed by atoms with Crippen LogP contribution in [0.1, 0.15) is 38.5 Å². The van der Waals surface area contributed by atoms with E-state index in [4.69, 9.17) is 5.73 Å². The number of amides is 3. The average molecular weight is 432 g/mol. The van der Waals surface area contributed by atoms with Gasteiger partial charge < -0.3 is 16.0 Å². The first-order chi connectivity index (χ1) is 14.9. The maximum atomic E-state index is 14.8. The van der Waals surface area contributed by atoms with Crippen molar-refractivity contribution >= 4 is 29.1 Å². The summed E-state index contributed by atoms with van der Waals surface area (Å²) in [6, 6.07) is 4.88. The van der Waals surface area contributed by atoms with Gasteiger partial charge in [-0.05, 0) is 50.3 Å². The summed E-state index contributed by atoms with van der Waals surface area (Å²) >= 11 is 0. The molecule has 4 rings (SSSR count). The van der Waals surface area contributed by atoms with Gasteiger partial charge in [0.05, 0.1) is 5.69 Å². The van der Waals surface area contributed by atoms with Gasteiger partial charge in [0, 0.05) is 50.2 Å². The number of rotatable bonds is 5. The summed E-state index contributed by atoms with van der Waals surface area (Å²) in [6.07, 6.45) is 4.37. The van der Waals surface area contributed by atoms with E-state index in [1.807, 2.05) is 0 Å². The quantitative estimate of drug-likeness (QED) is 0.605. The van der Waals surface area contributed by atoms with Crippen LogP contribution in [0.3, 0.4) is 0 Å². The normalized spacial score (nSPS) is 27.6. The number of imide groups is 1. The van der Waals surface area contributed by atoms with Gasteiger partial charge in [-0.3, -0.25) is 24.6 Å². The van der Waals surface area contributed by atoms with Crippen molar-refractivity contribution < 1.29 is 18.8 Å². The lowest BCUT2D eigenvalue weighted by atomic mass is 9.84. The van der Waals surface area contributed by atoms with Crippen molar-refractivity contribution in [2.45, 2.75) is 50.6 Å². The molecule has 0 spiro atoms. The molecular weight excluding hydrogens is 401 g/mol. The van der Waals surface area contributed by atoms with Crippen LogP contribution < -0.4 is 21.3 Å². The third kappa shape index (κ3) is 4.98. The number of carbonyl (C=O) groups excluding carboxylic acids is 3. The van der Waals surface area contributed by atoms with E-state index in [0.717, 1.165) is 51.9 Å². The lowest BCUT2D eigenvalue weighted by molar-refractivity contribution is -0.133. The highest BCUT2D eigenvalue weighted by molar-refractivity contribution is 6.01. The molecule has 31 heavy (non-hydrogen) atoms. The van der Waals surface area contributed by atoms with Crippen LogP contribution in [0.2, 0.25) is 0 Å². The summed E-state index contributed by atoms with van der Waals surface area (Å²) in [5.41, 5.74) is 6.52. The molecule has 0 aromatic heterocycles. The fourth-order valence-corrected chi connectivity index (χ4v) is 4.94. The van der Waals surface area contributed by atoms with E-state index < -0.39 is 6.04 Å². The summed E-state index contributed by atoms with van der Waals surface area (Å²) in [4.78, 5) is 39.0. The molecule has 1 aliphatic carbocycles. The Balaban J connectivity index is 1.30. The minimum Gasteiger partial charge on any atom is -0.374 e. The van der Waals surface area contributed by atoms with Gasteiger partial charge in [-0.1, -0.05) is 0 Å². The Labute approximate surface area is 181 Å². The highest BCUT2D eigenvalue weighted by atomic mass is 19.1. The number of halogens is 1. The van der Waals surface area contributed by atoms with Crippen LogP contribution in [0.15, 0.2) is 18.2 Å². The largest absolute Gasteiger partial charge is 0.374 e. The number of nitrogens with zero attached hydrogens (tertiary/aromatic N) is 2. The number of primary amides is 1. The molecule has 1 aromatic rings. The van der Waals surface area contributed by atoms with Crippen LogP contribution in [-0.4, -0.2) is 60.9 Å². The minimum atomic E-state index is -0.531. The van der Waals surface area contributed by atoms with Crippen LogP contribution >= 0.6 is 0 Å². The number of hydrogen-bond acceptors (Lipinski definition) is 6. The number of benzene rings is 1. The summed E-state index contributed by atoms with van der Waals surface area (Å²) in [6.45, 7) is 3.21. The Bertz CT molecular complexity index is 848. The SMILES string of the molecule is NC(=O)C1CCC(N2CCN(c3ccc(NC4CCC(=O)NC4=O)cc3F)CC2)CC1. The van der Waals surface area contributed by atoms with Crippen LogP contribution in [0.4, 0.5) is 15.8 Å². The first-order valence-electron chi connectivity index (χ1n) is 11.1. The minimum absolute atomic E-state index is 0.0129. The predicted octanol–water partition coefficient (Wildman–Crippen LogP) is 1.21. The second-order valence-electron chi connectivity index (χ2n) is 8.75. The van der Waals surface area contributed by atoms with Crippen LogP contribution in [-0.2, 0) is 14.4 Å². The van der Waals surface area contributed by atoms with Crippen molar-refractivity contribution in [1.29, 1.82) is 0 Å². The summed E-state index contributed by atoms with van der Waals surface area (Å²) in [7, 11) is 0. The van der Waals surface area contributed by atoms with Gasteiger partial charge in [0.15, 0.2) is 0 Å². The third-order valence-electron chi connectivity index (χ3n) is 6.80. The topological polar surface area (TPSA) is 108 Å². The maximum Gasteiger partial charge on any atom is 0.249 e. The fraction of sp³-hybridized carbons (Fsp3) is 0.591. The van der Waals surface area contributed by atoms with E-state index in [1.54, 1.807) is 12.1 Å². The van der Waals surface area contributed by atoms with Crippen LogP contribution in [0, 0.1) is 11.7 Å². The Morgan fingerprint density at radius 3 is 2.39 bits per heavy atom. The first kappa shape index (κ1) is 21.5. The van der Waals surface area contributed by atoms with Crippen molar-refractivity contribution in [1.82, 2.24) is 10.2 Å². The lowest BCUT2D eigenvalue weighted by Gasteiger charge is -2.42. The molecule has 2 heterocycles. The third-order valence-corrected chi connectivity index (χ3v) is 6.80. The number of hydrogen-bond donors (Lipinski definition) is 3. The van der Waals surface area contributed by atoms with Gasteiger partial charge in [0.2, 0.25) is 17.7 Å². The zero-order valence-electron chi connectivity index (χ0n) is 17.6. The fourth-order valence-electron chi connectivity index (χ4n) is 4.94. The van der Waals surface area contributed by atoms with Crippen molar-refractivity contribution in [3.8, 4) is 0 Å². The van der Waals surface area contributed by atoms with Gasteiger partial charge in [-0.15, -0.1) is 0 Å². The van der Waals surface area contributed by atoms with E-state index >= 15 is 0 Å². The van der Waals surface area contributed by atoms with Gasteiger partial charge in [-0.2, -0.15) is 0 Å². The molecular formula is C22H30FN5O3. The molecule has 2 saturated heterocycles. The van der Waals surface area contributed by atoms with E-state index in [9.17, 15) is 18.8 Å². The first-order valence-corrected chi connectivity index (χ1v) is 11.1. The monoisotopic (exact) mass is 431 g/mol. The summed E-state index contributed by atoms with van der Waals surface area (Å²) in [5.74, 6) is -1.15. The molecule has 168 valence electrons. The molecule has 1 aromatic carbocycles. The molecule has 3 fully saturated rings. The molecule has 1 atom stereocenters.